The summed E-state index contributed by atoms with van der Waals surface area (Å²) in [5.41, 5.74) is 5.06. The van der Waals surface area contributed by atoms with E-state index in [1.165, 1.54) is 0 Å². The maximum Gasteiger partial charge on any atom is 0.255 e. The Morgan fingerprint density at radius 1 is 1.78 bits per heavy atom. The Hall–Kier alpha value is -0.550. The van der Waals surface area contributed by atoms with Crippen LogP contribution in [0.25, 0.3) is 0 Å². The molecule has 5 heteroatoms. The van der Waals surface area contributed by atoms with Gasteiger partial charge >= 0.3 is 0 Å². The van der Waals surface area contributed by atoms with E-state index in [9.17, 15) is 4.79 Å². The molecular formula is C4H6N2OS2. The molecule has 0 fully saturated rings. The standard InChI is InChI=1S/C4H6N2OS2/c5-3(9)1-6-4(7)2-8/h2H,1H2,(H2,5,9)(H,6,7). The first-order valence-electron chi connectivity index (χ1n) is 2.18. The van der Waals surface area contributed by atoms with Crippen LogP contribution in [0.4, 0.5) is 0 Å². The van der Waals surface area contributed by atoms with E-state index in [1.807, 2.05) is 0 Å². The van der Waals surface area contributed by atoms with Gasteiger partial charge in [0.25, 0.3) is 5.91 Å². The molecular weight excluding hydrogens is 156 g/mol. The molecule has 0 heterocycles. The largest absolute Gasteiger partial charge is 0.392 e. The third-order valence-corrected chi connectivity index (χ3v) is 0.902. The number of amides is 1. The summed E-state index contributed by atoms with van der Waals surface area (Å²) in [7, 11) is 0. The minimum atomic E-state index is -0.335. The summed E-state index contributed by atoms with van der Waals surface area (Å²) in [6.45, 7) is 0.210. The minimum Gasteiger partial charge on any atom is -0.392 e. The Bertz CT molecular complexity index is 146. The molecule has 0 atom stereocenters. The lowest BCUT2D eigenvalue weighted by molar-refractivity contribution is -0.113. The van der Waals surface area contributed by atoms with Crippen molar-refractivity contribution in [1.82, 2.24) is 5.32 Å². The van der Waals surface area contributed by atoms with Gasteiger partial charge in [-0.2, -0.15) is 0 Å². The molecule has 0 saturated heterocycles. The van der Waals surface area contributed by atoms with Gasteiger partial charge in [0.05, 0.1) is 16.9 Å². The highest BCUT2D eigenvalue weighted by Gasteiger charge is 1.92. The molecule has 0 aliphatic carbocycles. The van der Waals surface area contributed by atoms with Crippen LogP contribution in [0.5, 0.6) is 0 Å². The van der Waals surface area contributed by atoms with Gasteiger partial charge in [0.2, 0.25) is 0 Å². The second kappa shape index (κ2) is 4.34. The molecule has 0 aliphatic heterocycles. The molecule has 0 aromatic heterocycles. The fraction of sp³-hybridized carbons (Fsp3) is 0.250. The minimum absolute atomic E-state index is 0.210. The van der Waals surface area contributed by atoms with Crippen LogP contribution in [0, 0.1) is 0 Å². The summed E-state index contributed by atoms with van der Waals surface area (Å²) in [6, 6.07) is 0. The summed E-state index contributed by atoms with van der Waals surface area (Å²) in [5.74, 6) is -0.335. The van der Waals surface area contributed by atoms with E-state index in [4.69, 9.17) is 5.73 Å². The SMILES string of the molecule is NC(=S)CNC(=O)C=S. The highest BCUT2D eigenvalue weighted by molar-refractivity contribution is 7.80. The Labute approximate surface area is 63.6 Å². The summed E-state index contributed by atoms with van der Waals surface area (Å²) in [4.78, 5) is 10.6. The third kappa shape index (κ3) is 5.32. The molecule has 1 amide bonds. The van der Waals surface area contributed by atoms with Crippen LogP contribution in [-0.2, 0) is 4.79 Å². The number of carbonyl (C=O) groups is 1. The lowest BCUT2D eigenvalue weighted by atomic mass is 10.6. The van der Waals surface area contributed by atoms with Crippen molar-refractivity contribution in [2.75, 3.05) is 6.54 Å². The number of nitrogens with two attached hydrogens (primary N) is 1. The van der Waals surface area contributed by atoms with Gasteiger partial charge in [-0.1, -0.05) is 24.4 Å². The summed E-state index contributed by atoms with van der Waals surface area (Å²) >= 11 is 8.78. The van der Waals surface area contributed by atoms with Crippen LogP contribution < -0.4 is 11.1 Å². The Kier molecular flexibility index (Phi) is 4.08. The van der Waals surface area contributed by atoms with Crippen molar-refractivity contribution in [3.05, 3.63) is 0 Å². The van der Waals surface area contributed by atoms with Gasteiger partial charge in [0.1, 0.15) is 0 Å². The molecule has 0 aromatic carbocycles. The van der Waals surface area contributed by atoms with Gasteiger partial charge in [-0.05, 0) is 0 Å². The van der Waals surface area contributed by atoms with Gasteiger partial charge < -0.3 is 11.1 Å². The van der Waals surface area contributed by atoms with Crippen LogP contribution in [0.15, 0.2) is 0 Å². The Balaban J connectivity index is 3.39. The van der Waals surface area contributed by atoms with Crippen LogP contribution in [-0.4, -0.2) is 22.8 Å². The molecule has 0 aromatic rings. The molecule has 0 radical (unpaired) electrons. The monoisotopic (exact) mass is 162 g/mol. The smallest absolute Gasteiger partial charge is 0.255 e. The highest BCUT2D eigenvalue weighted by atomic mass is 32.1. The van der Waals surface area contributed by atoms with Gasteiger partial charge in [-0.3, -0.25) is 4.79 Å². The van der Waals surface area contributed by atoms with E-state index < -0.39 is 0 Å². The number of nitrogens with one attached hydrogen (secondary N) is 1. The summed E-state index contributed by atoms with van der Waals surface area (Å²) in [6.07, 6.45) is 0. The van der Waals surface area contributed by atoms with Crippen LogP contribution in [0.3, 0.4) is 0 Å². The average Bonchev–Trinajstić information content (AvgIpc) is 1.83. The third-order valence-electron chi connectivity index (χ3n) is 0.544. The van der Waals surface area contributed by atoms with Crippen LogP contribution in [0.2, 0.25) is 0 Å². The lowest BCUT2D eigenvalue weighted by Crippen LogP contribution is -2.32. The number of hydrogen-bond donors (Lipinski definition) is 2. The lowest BCUT2D eigenvalue weighted by Gasteiger charge is -1.96. The molecule has 3 nitrogen and oxygen atoms in total. The molecule has 0 saturated carbocycles. The molecule has 0 rings (SSSR count). The van der Waals surface area contributed by atoms with E-state index in [-0.39, 0.29) is 17.4 Å². The second-order valence-electron chi connectivity index (χ2n) is 1.30. The first-order chi connectivity index (χ1) is 4.16. The van der Waals surface area contributed by atoms with Crippen molar-refractivity contribution in [3.8, 4) is 0 Å². The Morgan fingerprint density at radius 2 is 2.33 bits per heavy atom. The molecule has 0 aliphatic rings. The Morgan fingerprint density at radius 3 is 2.67 bits per heavy atom. The first-order valence-corrected chi connectivity index (χ1v) is 3.06. The zero-order valence-corrected chi connectivity index (χ0v) is 6.22. The van der Waals surface area contributed by atoms with Gasteiger partial charge in [0, 0.05) is 0 Å². The molecule has 0 bridgehead atoms. The highest BCUT2D eigenvalue weighted by Crippen LogP contribution is 1.62. The van der Waals surface area contributed by atoms with Crippen molar-refractivity contribution in [2.45, 2.75) is 0 Å². The van der Waals surface area contributed by atoms with Gasteiger partial charge in [-0.25, -0.2) is 0 Å². The van der Waals surface area contributed by atoms with Crippen molar-refractivity contribution < 1.29 is 4.79 Å². The van der Waals surface area contributed by atoms with Crippen molar-refractivity contribution in [1.29, 1.82) is 0 Å². The maximum absolute atomic E-state index is 10.3. The topological polar surface area (TPSA) is 55.1 Å². The molecule has 50 valence electrons. The van der Waals surface area contributed by atoms with Crippen molar-refractivity contribution in [2.24, 2.45) is 5.73 Å². The van der Waals surface area contributed by atoms with Crippen LogP contribution >= 0.6 is 24.4 Å². The van der Waals surface area contributed by atoms with Gasteiger partial charge in [-0.15, -0.1) is 0 Å². The molecule has 0 unspecified atom stereocenters. The fourth-order valence-corrected chi connectivity index (χ4v) is 0.371. The van der Waals surface area contributed by atoms with E-state index in [0.29, 0.717) is 0 Å². The molecule has 9 heavy (non-hydrogen) atoms. The average molecular weight is 162 g/mol. The maximum atomic E-state index is 10.3. The normalized spacial score (nSPS) is 8.00. The van der Waals surface area contributed by atoms with Gasteiger partial charge in [0.15, 0.2) is 0 Å². The predicted octanol–water partition coefficient (Wildman–Crippen LogP) is -0.612. The van der Waals surface area contributed by atoms with Crippen molar-refractivity contribution in [3.63, 3.8) is 0 Å². The number of carbonyl (C=O) groups excluding carboxylic acids is 1. The summed E-state index contributed by atoms with van der Waals surface area (Å²) < 4.78 is 0. The quantitative estimate of drug-likeness (QED) is 0.543. The van der Waals surface area contributed by atoms with E-state index >= 15 is 0 Å². The number of thiocarbonyl (C=S) groups is 2. The summed E-state index contributed by atoms with van der Waals surface area (Å²) in [5, 5.41) is 3.37. The van der Waals surface area contributed by atoms with E-state index in [2.05, 4.69) is 29.8 Å². The van der Waals surface area contributed by atoms with E-state index in [1.54, 1.807) is 0 Å². The second-order valence-corrected chi connectivity index (χ2v) is 2.06. The fourth-order valence-electron chi connectivity index (χ4n) is 0.216. The number of rotatable bonds is 3. The zero-order chi connectivity index (χ0) is 7.28. The predicted molar refractivity (Wildman–Crippen MR) is 43.5 cm³/mol. The molecule has 3 N–H and O–H groups in total. The van der Waals surface area contributed by atoms with Crippen LogP contribution in [0.1, 0.15) is 0 Å². The zero-order valence-electron chi connectivity index (χ0n) is 4.59. The number of hydrogen-bond acceptors (Lipinski definition) is 3. The van der Waals surface area contributed by atoms with Crippen molar-refractivity contribution >= 4 is 40.7 Å². The first kappa shape index (κ1) is 8.45. The van der Waals surface area contributed by atoms with E-state index in [0.717, 1.165) is 5.37 Å². The molecule has 0 spiro atoms.